The van der Waals surface area contributed by atoms with E-state index in [0.29, 0.717) is 29.8 Å². The number of terminal acetylenes is 1. The van der Waals surface area contributed by atoms with Crippen LogP contribution in [0, 0.1) is 12.3 Å². The van der Waals surface area contributed by atoms with Crippen LogP contribution in [0.3, 0.4) is 0 Å². The Labute approximate surface area is 107 Å². The summed E-state index contributed by atoms with van der Waals surface area (Å²) < 4.78 is 4.97. The molecule has 0 spiro atoms. The molecular formula is C12H16ClN3O. The SMILES string of the molecule is C#CCC(CC)Nc1cc(Cl)nc(COC)n1. The maximum Gasteiger partial charge on any atom is 0.158 e. The Hall–Kier alpha value is -1.31. The first-order chi connectivity index (χ1) is 8.19. The molecule has 17 heavy (non-hydrogen) atoms. The molecule has 1 rings (SSSR count). The van der Waals surface area contributed by atoms with E-state index in [1.165, 1.54) is 0 Å². The van der Waals surface area contributed by atoms with E-state index in [-0.39, 0.29) is 6.04 Å². The molecule has 92 valence electrons. The molecule has 0 saturated carbocycles. The normalized spacial score (nSPS) is 11.9. The van der Waals surface area contributed by atoms with Gasteiger partial charge in [0, 0.05) is 25.6 Å². The fourth-order valence-corrected chi connectivity index (χ4v) is 1.58. The zero-order valence-electron chi connectivity index (χ0n) is 10.0. The smallest absolute Gasteiger partial charge is 0.158 e. The Morgan fingerprint density at radius 2 is 2.35 bits per heavy atom. The molecule has 0 aliphatic carbocycles. The molecule has 1 aromatic heterocycles. The molecule has 1 atom stereocenters. The number of ether oxygens (including phenoxy) is 1. The maximum atomic E-state index is 5.90. The van der Waals surface area contributed by atoms with Crippen molar-refractivity contribution in [3.05, 3.63) is 17.0 Å². The number of hydrogen-bond acceptors (Lipinski definition) is 4. The lowest BCUT2D eigenvalue weighted by Crippen LogP contribution is -2.19. The summed E-state index contributed by atoms with van der Waals surface area (Å²) in [6.45, 7) is 2.40. The van der Waals surface area contributed by atoms with E-state index in [1.807, 2.05) is 0 Å². The van der Waals surface area contributed by atoms with Crippen LogP contribution < -0.4 is 5.32 Å². The van der Waals surface area contributed by atoms with Crippen molar-refractivity contribution in [2.75, 3.05) is 12.4 Å². The summed E-state index contributed by atoms with van der Waals surface area (Å²) in [5.74, 6) is 3.86. The highest BCUT2D eigenvalue weighted by Gasteiger charge is 2.08. The molecule has 0 amide bonds. The van der Waals surface area contributed by atoms with Crippen molar-refractivity contribution in [3.8, 4) is 12.3 Å². The van der Waals surface area contributed by atoms with Crippen LogP contribution in [-0.4, -0.2) is 23.1 Å². The lowest BCUT2D eigenvalue weighted by molar-refractivity contribution is 0.178. The lowest BCUT2D eigenvalue weighted by Gasteiger charge is -2.15. The minimum Gasteiger partial charge on any atom is -0.377 e. The van der Waals surface area contributed by atoms with E-state index < -0.39 is 0 Å². The highest BCUT2D eigenvalue weighted by Crippen LogP contribution is 2.14. The van der Waals surface area contributed by atoms with Crippen molar-refractivity contribution in [3.63, 3.8) is 0 Å². The van der Waals surface area contributed by atoms with Gasteiger partial charge >= 0.3 is 0 Å². The summed E-state index contributed by atoms with van der Waals surface area (Å²) in [6.07, 6.45) is 6.87. The van der Waals surface area contributed by atoms with Gasteiger partial charge in [-0.3, -0.25) is 0 Å². The molecule has 0 aromatic carbocycles. The van der Waals surface area contributed by atoms with Crippen LogP contribution in [0.5, 0.6) is 0 Å². The van der Waals surface area contributed by atoms with Crippen molar-refractivity contribution in [1.29, 1.82) is 0 Å². The molecule has 0 radical (unpaired) electrons. The number of rotatable bonds is 6. The summed E-state index contributed by atoms with van der Waals surface area (Å²) in [4.78, 5) is 8.34. The Morgan fingerprint density at radius 3 is 2.94 bits per heavy atom. The third-order valence-electron chi connectivity index (χ3n) is 2.22. The molecule has 4 nitrogen and oxygen atoms in total. The molecule has 0 aliphatic heterocycles. The summed E-state index contributed by atoms with van der Waals surface area (Å²) >= 11 is 5.90. The van der Waals surface area contributed by atoms with Gasteiger partial charge in [0.25, 0.3) is 0 Å². The molecule has 0 saturated heterocycles. The van der Waals surface area contributed by atoms with Gasteiger partial charge in [-0.05, 0) is 6.42 Å². The first-order valence-electron chi connectivity index (χ1n) is 5.42. The molecule has 0 fully saturated rings. The lowest BCUT2D eigenvalue weighted by atomic mass is 10.1. The zero-order valence-corrected chi connectivity index (χ0v) is 10.8. The molecule has 0 aliphatic rings. The third kappa shape index (κ3) is 4.59. The Bertz CT molecular complexity index is 403. The average Bonchev–Trinajstić information content (AvgIpc) is 2.28. The summed E-state index contributed by atoms with van der Waals surface area (Å²) in [7, 11) is 1.59. The fourth-order valence-electron chi connectivity index (χ4n) is 1.38. The molecule has 1 aromatic rings. The van der Waals surface area contributed by atoms with Crippen molar-refractivity contribution >= 4 is 17.4 Å². The van der Waals surface area contributed by atoms with E-state index >= 15 is 0 Å². The van der Waals surface area contributed by atoms with Crippen molar-refractivity contribution in [2.45, 2.75) is 32.4 Å². The van der Waals surface area contributed by atoms with Crippen LogP contribution in [0.25, 0.3) is 0 Å². The van der Waals surface area contributed by atoms with Crippen LogP contribution >= 0.6 is 11.6 Å². The van der Waals surface area contributed by atoms with Gasteiger partial charge in [-0.25, -0.2) is 9.97 Å². The monoisotopic (exact) mass is 253 g/mol. The Balaban J connectivity index is 2.79. The molecule has 1 unspecified atom stereocenters. The van der Waals surface area contributed by atoms with E-state index in [0.717, 1.165) is 6.42 Å². The number of hydrogen-bond donors (Lipinski definition) is 1. The average molecular weight is 254 g/mol. The first-order valence-corrected chi connectivity index (χ1v) is 5.79. The second kappa shape index (κ2) is 7.10. The summed E-state index contributed by atoms with van der Waals surface area (Å²) in [5, 5.41) is 3.63. The Morgan fingerprint density at radius 1 is 1.59 bits per heavy atom. The van der Waals surface area contributed by atoms with E-state index in [1.54, 1.807) is 13.2 Å². The fraction of sp³-hybridized carbons (Fsp3) is 0.500. The van der Waals surface area contributed by atoms with Gasteiger partial charge in [0.05, 0.1) is 0 Å². The van der Waals surface area contributed by atoms with Gasteiger partial charge in [0.1, 0.15) is 17.6 Å². The number of nitrogens with zero attached hydrogens (tertiary/aromatic N) is 2. The van der Waals surface area contributed by atoms with Gasteiger partial charge < -0.3 is 10.1 Å². The van der Waals surface area contributed by atoms with Gasteiger partial charge in [0.2, 0.25) is 0 Å². The number of nitrogens with one attached hydrogen (secondary N) is 1. The van der Waals surface area contributed by atoms with Crippen LogP contribution in [0.15, 0.2) is 6.07 Å². The van der Waals surface area contributed by atoms with E-state index in [2.05, 4.69) is 28.1 Å². The van der Waals surface area contributed by atoms with Crippen LogP contribution in [0.1, 0.15) is 25.6 Å². The minimum absolute atomic E-state index is 0.196. The number of methoxy groups -OCH3 is 1. The largest absolute Gasteiger partial charge is 0.377 e. The van der Waals surface area contributed by atoms with Gasteiger partial charge in [-0.15, -0.1) is 12.3 Å². The second-order valence-electron chi connectivity index (χ2n) is 3.58. The molecule has 1 N–H and O–H groups in total. The standard InChI is InChI=1S/C12H16ClN3O/c1-4-6-9(5-2)14-11-7-10(13)15-12(16-11)8-17-3/h1,7,9H,5-6,8H2,2-3H3,(H,14,15,16). The highest BCUT2D eigenvalue weighted by molar-refractivity contribution is 6.29. The molecule has 0 bridgehead atoms. The maximum absolute atomic E-state index is 5.90. The van der Waals surface area contributed by atoms with Crippen LogP contribution in [0.4, 0.5) is 5.82 Å². The Kier molecular flexibility index (Phi) is 5.75. The molecule has 5 heteroatoms. The quantitative estimate of drug-likeness (QED) is 0.625. The number of anilines is 1. The number of aromatic nitrogens is 2. The van der Waals surface area contributed by atoms with Crippen molar-refractivity contribution < 1.29 is 4.74 Å². The van der Waals surface area contributed by atoms with Crippen LogP contribution in [0.2, 0.25) is 5.15 Å². The first kappa shape index (κ1) is 13.8. The molecular weight excluding hydrogens is 238 g/mol. The van der Waals surface area contributed by atoms with E-state index in [4.69, 9.17) is 22.8 Å². The minimum atomic E-state index is 0.196. The predicted molar refractivity (Wildman–Crippen MR) is 68.9 cm³/mol. The zero-order chi connectivity index (χ0) is 12.7. The summed E-state index contributed by atoms with van der Waals surface area (Å²) in [5.41, 5.74) is 0. The summed E-state index contributed by atoms with van der Waals surface area (Å²) in [6, 6.07) is 1.88. The van der Waals surface area contributed by atoms with E-state index in [9.17, 15) is 0 Å². The highest BCUT2D eigenvalue weighted by atomic mass is 35.5. The van der Waals surface area contributed by atoms with Crippen molar-refractivity contribution in [2.24, 2.45) is 0 Å². The predicted octanol–water partition coefficient (Wildman–Crippen LogP) is 2.49. The third-order valence-corrected chi connectivity index (χ3v) is 2.42. The topological polar surface area (TPSA) is 47.0 Å². The van der Waals surface area contributed by atoms with Gasteiger partial charge in [0.15, 0.2) is 5.82 Å². The van der Waals surface area contributed by atoms with Gasteiger partial charge in [-0.2, -0.15) is 0 Å². The molecule has 1 heterocycles. The van der Waals surface area contributed by atoms with Crippen molar-refractivity contribution in [1.82, 2.24) is 9.97 Å². The van der Waals surface area contributed by atoms with Gasteiger partial charge in [-0.1, -0.05) is 18.5 Å². The number of halogens is 1. The van der Waals surface area contributed by atoms with Crippen LogP contribution in [-0.2, 0) is 11.3 Å². The second-order valence-corrected chi connectivity index (χ2v) is 3.97.